The first-order chi connectivity index (χ1) is 12.7. The van der Waals surface area contributed by atoms with Crippen LogP contribution in [0.1, 0.15) is 12.0 Å². The molecule has 2 heterocycles. The summed E-state index contributed by atoms with van der Waals surface area (Å²) in [6, 6.07) is 8.05. The topological polar surface area (TPSA) is 48.7 Å². The molecular weight excluding hydrogens is 475 g/mol. The van der Waals surface area contributed by atoms with E-state index >= 15 is 0 Å². The third-order valence-electron chi connectivity index (χ3n) is 4.71. The van der Waals surface area contributed by atoms with Crippen LogP contribution in [0.5, 0.6) is 0 Å². The molecule has 0 atom stereocenters. The summed E-state index contributed by atoms with van der Waals surface area (Å²) in [5, 5.41) is 8.49. The van der Waals surface area contributed by atoms with Gasteiger partial charge in [-0.2, -0.15) is 5.10 Å². The minimum Gasteiger partial charge on any atom is -0.368 e. The van der Waals surface area contributed by atoms with Gasteiger partial charge >= 0.3 is 0 Å². The molecule has 1 N–H and O–H groups in total. The summed E-state index contributed by atoms with van der Waals surface area (Å²) in [5.41, 5.74) is 2.50. The lowest BCUT2D eigenvalue weighted by atomic mass is 10.1. The van der Waals surface area contributed by atoms with Gasteiger partial charge in [-0.1, -0.05) is 17.7 Å². The third kappa shape index (κ3) is 6.00. The smallest absolute Gasteiger partial charge is 0.193 e. The molecule has 1 aromatic carbocycles. The lowest BCUT2D eigenvalue weighted by Gasteiger charge is -2.38. The normalized spacial score (nSPS) is 14.9. The number of anilines is 1. The van der Waals surface area contributed by atoms with Crippen LogP contribution in [0.3, 0.4) is 0 Å². The highest BCUT2D eigenvalue weighted by molar-refractivity contribution is 14.0. The Morgan fingerprint density at radius 3 is 2.70 bits per heavy atom. The summed E-state index contributed by atoms with van der Waals surface area (Å²) in [7, 11) is 1.85. The number of nitrogens with one attached hydrogen (secondary N) is 1. The maximum atomic E-state index is 6.17. The second-order valence-electron chi connectivity index (χ2n) is 6.50. The molecule has 0 saturated carbocycles. The summed E-state index contributed by atoms with van der Waals surface area (Å²) in [5.74, 6) is 0.980. The Hall–Kier alpha value is -1.48. The molecule has 0 aliphatic carbocycles. The van der Waals surface area contributed by atoms with Crippen molar-refractivity contribution in [3.8, 4) is 0 Å². The molecule has 148 valence electrons. The van der Waals surface area contributed by atoms with Crippen molar-refractivity contribution in [2.75, 3.05) is 44.7 Å². The summed E-state index contributed by atoms with van der Waals surface area (Å²) < 4.78 is 1.95. The quantitative estimate of drug-likeness (QED) is 0.295. The molecule has 1 fully saturated rings. The van der Waals surface area contributed by atoms with Crippen molar-refractivity contribution in [1.29, 1.82) is 0 Å². The number of guanidine groups is 1. The first-order valence-electron chi connectivity index (χ1n) is 9.11. The standard InChI is InChI=1S/C19H27ClN6.HI/c1-16-5-6-17(20)15-18(16)24-11-13-25(14-12-24)19(21-2)22-7-3-9-26-10-4-8-23-26;/h4-6,8,10,15H,3,7,9,11-14H2,1-2H3,(H,21,22);1H. The van der Waals surface area contributed by atoms with Gasteiger partial charge in [0.25, 0.3) is 0 Å². The van der Waals surface area contributed by atoms with E-state index in [0.29, 0.717) is 0 Å². The van der Waals surface area contributed by atoms with Crippen molar-refractivity contribution >= 4 is 47.2 Å². The minimum atomic E-state index is 0. The molecule has 2 aromatic rings. The lowest BCUT2D eigenvalue weighted by molar-refractivity contribution is 0.371. The molecule has 1 aliphatic rings. The van der Waals surface area contributed by atoms with Gasteiger partial charge in [0.2, 0.25) is 0 Å². The fraction of sp³-hybridized carbons (Fsp3) is 0.474. The fourth-order valence-electron chi connectivity index (χ4n) is 3.29. The minimum absolute atomic E-state index is 0. The van der Waals surface area contributed by atoms with E-state index in [0.717, 1.165) is 56.7 Å². The van der Waals surface area contributed by atoms with Crippen LogP contribution < -0.4 is 10.2 Å². The molecule has 0 unspecified atom stereocenters. The van der Waals surface area contributed by atoms with E-state index in [2.05, 4.69) is 44.3 Å². The Morgan fingerprint density at radius 1 is 1.26 bits per heavy atom. The second kappa shape index (κ2) is 10.8. The van der Waals surface area contributed by atoms with Gasteiger partial charge in [0.15, 0.2) is 5.96 Å². The SMILES string of the molecule is CN=C(NCCCn1cccn1)N1CCN(c2cc(Cl)ccc2C)CC1.I. The maximum absolute atomic E-state index is 6.17. The molecule has 1 aliphatic heterocycles. The number of aliphatic imine (C=N–C) groups is 1. The average molecular weight is 503 g/mol. The molecule has 1 saturated heterocycles. The van der Waals surface area contributed by atoms with Crippen LogP contribution in [0.4, 0.5) is 5.69 Å². The number of rotatable bonds is 5. The Bertz CT molecular complexity index is 726. The van der Waals surface area contributed by atoms with E-state index in [1.54, 1.807) is 0 Å². The number of piperazine rings is 1. The Morgan fingerprint density at radius 2 is 2.04 bits per heavy atom. The summed E-state index contributed by atoms with van der Waals surface area (Å²) in [6.45, 7) is 7.77. The van der Waals surface area contributed by atoms with Crippen LogP contribution >= 0.6 is 35.6 Å². The second-order valence-corrected chi connectivity index (χ2v) is 6.94. The van der Waals surface area contributed by atoms with Crippen molar-refractivity contribution in [3.63, 3.8) is 0 Å². The van der Waals surface area contributed by atoms with Crippen LogP contribution in [0.15, 0.2) is 41.7 Å². The predicted molar refractivity (Wildman–Crippen MR) is 124 cm³/mol. The number of hydrogen-bond acceptors (Lipinski definition) is 3. The zero-order chi connectivity index (χ0) is 18.4. The molecule has 0 spiro atoms. The number of nitrogens with zero attached hydrogens (tertiary/aromatic N) is 5. The monoisotopic (exact) mass is 502 g/mol. The molecular formula is C19H28ClIN6. The van der Waals surface area contributed by atoms with Crippen molar-refractivity contribution in [2.45, 2.75) is 19.9 Å². The number of hydrogen-bond donors (Lipinski definition) is 1. The van der Waals surface area contributed by atoms with E-state index in [-0.39, 0.29) is 24.0 Å². The van der Waals surface area contributed by atoms with E-state index in [1.165, 1.54) is 11.3 Å². The Labute approximate surface area is 183 Å². The zero-order valence-corrected chi connectivity index (χ0v) is 19.0. The highest BCUT2D eigenvalue weighted by Gasteiger charge is 2.20. The van der Waals surface area contributed by atoms with Crippen LogP contribution in [-0.2, 0) is 6.54 Å². The van der Waals surface area contributed by atoms with E-state index < -0.39 is 0 Å². The van der Waals surface area contributed by atoms with Gasteiger partial charge in [-0.15, -0.1) is 24.0 Å². The van der Waals surface area contributed by atoms with Gasteiger partial charge < -0.3 is 15.1 Å². The van der Waals surface area contributed by atoms with Gasteiger partial charge in [0.05, 0.1) is 0 Å². The highest BCUT2D eigenvalue weighted by Crippen LogP contribution is 2.25. The molecule has 0 radical (unpaired) electrons. The molecule has 1 aromatic heterocycles. The lowest BCUT2D eigenvalue weighted by Crippen LogP contribution is -2.52. The number of halogens is 2. The zero-order valence-electron chi connectivity index (χ0n) is 15.9. The summed E-state index contributed by atoms with van der Waals surface area (Å²) >= 11 is 6.17. The van der Waals surface area contributed by atoms with Gasteiger partial charge in [-0.25, -0.2) is 0 Å². The highest BCUT2D eigenvalue weighted by atomic mass is 127. The van der Waals surface area contributed by atoms with E-state index in [4.69, 9.17) is 11.6 Å². The van der Waals surface area contributed by atoms with Gasteiger partial charge in [0, 0.05) is 69.4 Å². The van der Waals surface area contributed by atoms with Crippen molar-refractivity contribution in [1.82, 2.24) is 20.0 Å². The Balaban J connectivity index is 0.00000261. The number of benzene rings is 1. The molecule has 27 heavy (non-hydrogen) atoms. The molecule has 6 nitrogen and oxygen atoms in total. The molecule has 0 bridgehead atoms. The van der Waals surface area contributed by atoms with Gasteiger partial charge in [0.1, 0.15) is 0 Å². The first kappa shape index (κ1) is 21.8. The Kier molecular flexibility index (Phi) is 8.69. The van der Waals surface area contributed by atoms with Crippen LogP contribution in [0, 0.1) is 6.92 Å². The van der Waals surface area contributed by atoms with E-state index in [9.17, 15) is 0 Å². The fourth-order valence-corrected chi connectivity index (χ4v) is 3.45. The number of aromatic nitrogens is 2. The van der Waals surface area contributed by atoms with Gasteiger partial charge in [-0.3, -0.25) is 9.67 Å². The number of aryl methyl sites for hydroxylation is 2. The summed E-state index contributed by atoms with van der Waals surface area (Å²) in [4.78, 5) is 9.17. The van der Waals surface area contributed by atoms with Crippen LogP contribution in [-0.4, -0.2) is 60.4 Å². The average Bonchev–Trinajstić information content (AvgIpc) is 3.18. The third-order valence-corrected chi connectivity index (χ3v) is 4.94. The summed E-state index contributed by atoms with van der Waals surface area (Å²) in [6.07, 6.45) is 4.82. The largest absolute Gasteiger partial charge is 0.368 e. The molecule has 8 heteroatoms. The first-order valence-corrected chi connectivity index (χ1v) is 9.49. The predicted octanol–water partition coefficient (Wildman–Crippen LogP) is 3.25. The van der Waals surface area contributed by atoms with Crippen molar-refractivity contribution in [3.05, 3.63) is 47.2 Å². The van der Waals surface area contributed by atoms with Crippen molar-refractivity contribution < 1.29 is 0 Å². The molecule has 0 amide bonds. The molecule has 3 rings (SSSR count). The van der Waals surface area contributed by atoms with Gasteiger partial charge in [-0.05, 0) is 37.1 Å². The maximum Gasteiger partial charge on any atom is 0.193 e. The van der Waals surface area contributed by atoms with Crippen LogP contribution in [0.2, 0.25) is 5.02 Å². The van der Waals surface area contributed by atoms with Crippen LogP contribution in [0.25, 0.3) is 0 Å². The van der Waals surface area contributed by atoms with Crippen molar-refractivity contribution in [2.24, 2.45) is 4.99 Å². The van der Waals surface area contributed by atoms with E-state index in [1.807, 2.05) is 36.3 Å².